The van der Waals surface area contributed by atoms with Gasteiger partial charge in [0.15, 0.2) is 5.82 Å². The third-order valence-electron chi connectivity index (χ3n) is 6.06. The number of benzene rings is 1. The number of hydrogen-bond acceptors (Lipinski definition) is 7. The van der Waals surface area contributed by atoms with E-state index in [1.807, 2.05) is 0 Å². The SMILES string of the molecule is CNC(=O)c1ccc2nc(N3CCN(C(=O)OC(C)(C)C)C(CCOc4cccc(C(=O)O)c4)C3=O)cn2c1. The second-order valence-corrected chi connectivity index (χ2v) is 10.0. The fourth-order valence-electron chi connectivity index (χ4n) is 4.23. The molecule has 0 aliphatic carbocycles. The number of nitrogens with one attached hydrogen (secondary N) is 1. The fraction of sp³-hybridized carbons (Fsp3) is 0.370. The third-order valence-corrected chi connectivity index (χ3v) is 6.06. The highest BCUT2D eigenvalue weighted by molar-refractivity contribution is 5.99. The van der Waals surface area contributed by atoms with Crippen molar-refractivity contribution in [3.8, 4) is 5.75 Å². The number of amides is 3. The minimum Gasteiger partial charge on any atom is -0.493 e. The minimum absolute atomic E-state index is 0.0489. The fourth-order valence-corrected chi connectivity index (χ4v) is 4.23. The molecular weight excluding hydrogens is 506 g/mol. The van der Waals surface area contributed by atoms with Gasteiger partial charge < -0.3 is 24.3 Å². The molecule has 1 fully saturated rings. The van der Waals surface area contributed by atoms with Crippen molar-refractivity contribution in [1.82, 2.24) is 19.6 Å². The van der Waals surface area contributed by atoms with Crippen molar-refractivity contribution in [2.75, 3.05) is 31.6 Å². The normalized spacial score (nSPS) is 15.8. The zero-order valence-corrected chi connectivity index (χ0v) is 22.2. The Morgan fingerprint density at radius 1 is 1.10 bits per heavy atom. The zero-order valence-electron chi connectivity index (χ0n) is 22.2. The molecule has 39 heavy (non-hydrogen) atoms. The Labute approximate surface area is 225 Å². The van der Waals surface area contributed by atoms with Crippen LogP contribution in [0.4, 0.5) is 10.6 Å². The lowest BCUT2D eigenvalue weighted by Gasteiger charge is -2.40. The van der Waals surface area contributed by atoms with Gasteiger partial charge in [-0.15, -0.1) is 0 Å². The van der Waals surface area contributed by atoms with Crippen LogP contribution in [0.25, 0.3) is 5.65 Å². The lowest BCUT2D eigenvalue weighted by molar-refractivity contribution is -0.126. The lowest BCUT2D eigenvalue weighted by atomic mass is 10.1. The van der Waals surface area contributed by atoms with E-state index in [4.69, 9.17) is 9.47 Å². The molecule has 0 bridgehead atoms. The van der Waals surface area contributed by atoms with Crippen LogP contribution in [0.1, 0.15) is 47.9 Å². The first-order valence-corrected chi connectivity index (χ1v) is 12.4. The highest BCUT2D eigenvalue weighted by Gasteiger charge is 2.40. The molecule has 0 radical (unpaired) electrons. The van der Waals surface area contributed by atoms with E-state index in [-0.39, 0.29) is 43.5 Å². The van der Waals surface area contributed by atoms with Gasteiger partial charge >= 0.3 is 12.1 Å². The molecule has 4 rings (SSSR count). The summed E-state index contributed by atoms with van der Waals surface area (Å²) in [5, 5.41) is 11.8. The molecule has 1 atom stereocenters. The number of anilines is 1. The van der Waals surface area contributed by atoms with Crippen molar-refractivity contribution in [3.05, 3.63) is 59.9 Å². The maximum absolute atomic E-state index is 13.7. The van der Waals surface area contributed by atoms with Crippen LogP contribution in [0.2, 0.25) is 0 Å². The summed E-state index contributed by atoms with van der Waals surface area (Å²) in [4.78, 5) is 57.4. The first-order valence-electron chi connectivity index (χ1n) is 12.4. The van der Waals surface area contributed by atoms with E-state index in [0.717, 1.165) is 0 Å². The van der Waals surface area contributed by atoms with Crippen molar-refractivity contribution in [1.29, 1.82) is 0 Å². The van der Waals surface area contributed by atoms with Crippen molar-refractivity contribution in [2.24, 2.45) is 0 Å². The molecule has 2 N–H and O–H groups in total. The number of fused-ring (bicyclic) bond motifs is 1. The van der Waals surface area contributed by atoms with Crippen LogP contribution in [0.15, 0.2) is 48.8 Å². The van der Waals surface area contributed by atoms with E-state index >= 15 is 0 Å². The van der Waals surface area contributed by atoms with Gasteiger partial charge in [0.05, 0.1) is 23.9 Å². The number of hydrogen-bond donors (Lipinski definition) is 2. The second-order valence-electron chi connectivity index (χ2n) is 10.0. The summed E-state index contributed by atoms with van der Waals surface area (Å²) in [6, 6.07) is 8.47. The Morgan fingerprint density at radius 3 is 2.56 bits per heavy atom. The molecule has 0 saturated carbocycles. The number of carbonyl (C=O) groups is 4. The zero-order chi connectivity index (χ0) is 28.3. The number of carbonyl (C=O) groups excluding carboxylic acids is 3. The summed E-state index contributed by atoms with van der Waals surface area (Å²) >= 11 is 0. The summed E-state index contributed by atoms with van der Waals surface area (Å²) in [6.07, 6.45) is 2.81. The predicted molar refractivity (Wildman–Crippen MR) is 141 cm³/mol. The van der Waals surface area contributed by atoms with E-state index in [1.165, 1.54) is 21.9 Å². The largest absolute Gasteiger partial charge is 0.493 e. The molecular formula is C27H31N5O7. The number of piperazine rings is 1. The van der Waals surface area contributed by atoms with Gasteiger partial charge in [0, 0.05) is 32.8 Å². The molecule has 2 aromatic heterocycles. The van der Waals surface area contributed by atoms with E-state index in [9.17, 15) is 24.3 Å². The Bertz CT molecular complexity index is 1410. The molecule has 1 aliphatic heterocycles. The number of pyridine rings is 1. The maximum Gasteiger partial charge on any atom is 0.411 e. The molecule has 0 spiro atoms. The van der Waals surface area contributed by atoms with Gasteiger partial charge in [0.1, 0.15) is 23.0 Å². The number of aromatic nitrogens is 2. The molecule has 206 valence electrons. The van der Waals surface area contributed by atoms with Crippen LogP contribution >= 0.6 is 0 Å². The van der Waals surface area contributed by atoms with E-state index in [0.29, 0.717) is 22.8 Å². The van der Waals surface area contributed by atoms with Crippen molar-refractivity contribution in [2.45, 2.75) is 38.8 Å². The molecule has 1 saturated heterocycles. The quantitative estimate of drug-likeness (QED) is 0.468. The standard InChI is InChI=1S/C27H31N5O7/c1-27(2,3)39-26(37)31-11-12-32(22-16-30-15-18(23(33)28-4)8-9-21(30)29-22)24(34)20(31)10-13-38-19-7-5-6-17(14-19)25(35)36/h5-9,14-16,20H,10-13H2,1-4H3,(H,28,33)(H,35,36). The van der Waals surface area contributed by atoms with Crippen LogP contribution in [-0.4, -0.2) is 81.7 Å². The Morgan fingerprint density at radius 2 is 1.87 bits per heavy atom. The highest BCUT2D eigenvalue weighted by Crippen LogP contribution is 2.25. The number of carboxylic acid groups (broad SMARTS) is 1. The Kier molecular flexibility index (Phi) is 7.75. The van der Waals surface area contributed by atoms with Gasteiger partial charge in [-0.25, -0.2) is 14.6 Å². The molecule has 1 unspecified atom stereocenters. The molecule has 12 nitrogen and oxygen atoms in total. The molecule has 1 aromatic carbocycles. The van der Waals surface area contributed by atoms with Gasteiger partial charge in [0.25, 0.3) is 11.8 Å². The van der Waals surface area contributed by atoms with Gasteiger partial charge in [-0.3, -0.25) is 19.4 Å². The first kappa shape index (κ1) is 27.4. The number of rotatable bonds is 7. The molecule has 12 heteroatoms. The first-order chi connectivity index (χ1) is 18.5. The van der Waals surface area contributed by atoms with Crippen molar-refractivity contribution in [3.63, 3.8) is 0 Å². The van der Waals surface area contributed by atoms with Crippen LogP contribution in [0.5, 0.6) is 5.75 Å². The van der Waals surface area contributed by atoms with E-state index in [2.05, 4.69) is 10.3 Å². The van der Waals surface area contributed by atoms with Crippen molar-refractivity contribution >= 4 is 35.3 Å². The summed E-state index contributed by atoms with van der Waals surface area (Å²) in [6.45, 7) is 5.70. The monoisotopic (exact) mass is 537 g/mol. The summed E-state index contributed by atoms with van der Waals surface area (Å²) in [5.74, 6) is -0.957. The summed E-state index contributed by atoms with van der Waals surface area (Å²) in [5.41, 5.74) is 0.323. The van der Waals surface area contributed by atoms with Crippen LogP contribution in [0.3, 0.4) is 0 Å². The number of imidazole rings is 1. The van der Waals surface area contributed by atoms with E-state index in [1.54, 1.807) is 68.9 Å². The predicted octanol–water partition coefficient (Wildman–Crippen LogP) is 2.81. The Hall–Kier alpha value is -4.61. The van der Waals surface area contributed by atoms with Gasteiger partial charge in [-0.1, -0.05) is 6.07 Å². The third kappa shape index (κ3) is 6.28. The lowest BCUT2D eigenvalue weighted by Crippen LogP contribution is -2.60. The van der Waals surface area contributed by atoms with Gasteiger partial charge in [0.2, 0.25) is 0 Å². The summed E-state index contributed by atoms with van der Waals surface area (Å²) in [7, 11) is 1.54. The average molecular weight is 538 g/mol. The number of carboxylic acids is 1. The van der Waals surface area contributed by atoms with Crippen LogP contribution in [0, 0.1) is 0 Å². The van der Waals surface area contributed by atoms with Crippen LogP contribution in [-0.2, 0) is 9.53 Å². The second kappa shape index (κ2) is 11.0. The molecule has 3 heterocycles. The highest BCUT2D eigenvalue weighted by atomic mass is 16.6. The molecule has 1 aliphatic rings. The maximum atomic E-state index is 13.7. The smallest absolute Gasteiger partial charge is 0.411 e. The molecule has 3 aromatic rings. The molecule has 3 amide bonds. The van der Waals surface area contributed by atoms with Gasteiger partial charge in [-0.2, -0.15) is 0 Å². The number of nitrogens with zero attached hydrogens (tertiary/aromatic N) is 4. The van der Waals surface area contributed by atoms with Gasteiger partial charge in [-0.05, 0) is 51.1 Å². The number of aromatic carboxylic acids is 1. The number of ether oxygens (including phenoxy) is 2. The minimum atomic E-state index is -1.08. The van der Waals surface area contributed by atoms with Crippen LogP contribution < -0.4 is 15.0 Å². The van der Waals surface area contributed by atoms with Crippen molar-refractivity contribution < 1.29 is 33.8 Å². The average Bonchev–Trinajstić information content (AvgIpc) is 3.31. The van der Waals surface area contributed by atoms with E-state index < -0.39 is 23.7 Å². The summed E-state index contributed by atoms with van der Waals surface area (Å²) < 4.78 is 13.0. The Balaban J connectivity index is 1.56. The topological polar surface area (TPSA) is 143 Å².